The van der Waals surface area contributed by atoms with Gasteiger partial charge < -0.3 is 22.1 Å². The van der Waals surface area contributed by atoms with Gasteiger partial charge in [-0.1, -0.05) is 0 Å². The molecule has 0 aliphatic carbocycles. The average Bonchev–Trinajstić information content (AvgIpc) is 3.15. The van der Waals surface area contributed by atoms with E-state index >= 15 is 0 Å². The average molecular weight is 410 g/mol. The molecule has 30 heavy (non-hydrogen) atoms. The number of anilines is 1. The number of halogens is 1. The van der Waals surface area contributed by atoms with Crippen LogP contribution in [0.1, 0.15) is 12.8 Å². The van der Waals surface area contributed by atoms with Crippen LogP contribution in [0.3, 0.4) is 0 Å². The quantitative estimate of drug-likeness (QED) is 0.189. The van der Waals surface area contributed by atoms with E-state index in [9.17, 15) is 9.18 Å². The molecule has 2 aromatic heterocycles. The number of benzene rings is 1. The minimum absolute atomic E-state index is 0.125. The third kappa shape index (κ3) is 5.17. The van der Waals surface area contributed by atoms with Crippen molar-refractivity contribution in [3.63, 3.8) is 0 Å². The van der Waals surface area contributed by atoms with E-state index < -0.39 is 6.04 Å². The van der Waals surface area contributed by atoms with Crippen LogP contribution in [0.15, 0.2) is 48.8 Å². The van der Waals surface area contributed by atoms with Crippen molar-refractivity contribution >= 4 is 17.7 Å². The van der Waals surface area contributed by atoms with Gasteiger partial charge in [-0.25, -0.2) is 4.39 Å². The Bertz CT molecular complexity index is 1000. The van der Waals surface area contributed by atoms with E-state index in [4.69, 9.17) is 16.9 Å². The standard InChI is InChI=1S/C20H23FN8O/c21-14-5-3-13(4-6-14)17-16(12-7-10-25-11-8-12)18(29-28-17)27-19(30)15(22)2-1-9-26-20(23)24/h3-8,10-11,15H,1-2,9,22H2,(H4,23,24,26)(H2,27,28,29,30)/t15-/m1/s1. The highest BCUT2D eigenvalue weighted by Gasteiger charge is 2.21. The Balaban J connectivity index is 1.82. The number of nitrogens with one attached hydrogen (secondary N) is 4. The first kappa shape index (κ1) is 20.9. The summed E-state index contributed by atoms with van der Waals surface area (Å²) < 4.78 is 13.3. The zero-order valence-corrected chi connectivity index (χ0v) is 16.2. The van der Waals surface area contributed by atoms with Crippen LogP contribution in [-0.2, 0) is 4.79 Å². The number of nitrogens with zero attached hydrogens (tertiary/aromatic N) is 2. The molecule has 2 heterocycles. The normalized spacial score (nSPS) is 11.7. The molecule has 0 spiro atoms. The fraction of sp³-hybridized carbons (Fsp3) is 0.200. The summed E-state index contributed by atoms with van der Waals surface area (Å²) in [6.45, 7) is 0.454. The number of aromatic nitrogens is 3. The second-order valence-electron chi connectivity index (χ2n) is 6.64. The van der Waals surface area contributed by atoms with E-state index in [1.54, 1.807) is 36.7 Å². The van der Waals surface area contributed by atoms with Crippen molar-refractivity contribution in [2.45, 2.75) is 18.9 Å². The van der Waals surface area contributed by atoms with Gasteiger partial charge in [0, 0.05) is 24.5 Å². The molecule has 1 amide bonds. The summed E-state index contributed by atoms with van der Waals surface area (Å²) in [5.41, 5.74) is 14.0. The monoisotopic (exact) mass is 410 g/mol. The Hall–Kier alpha value is -3.79. The number of amides is 1. The van der Waals surface area contributed by atoms with Gasteiger partial charge >= 0.3 is 0 Å². The molecule has 9 nitrogen and oxygen atoms in total. The first-order valence-corrected chi connectivity index (χ1v) is 9.34. The molecule has 0 aliphatic rings. The SMILES string of the molecule is N=C(N)NCCC[C@@H](N)C(=O)Nc1n[nH]c(-c2ccc(F)cc2)c1-c1ccncc1. The molecule has 1 aromatic carbocycles. The molecule has 0 bridgehead atoms. The predicted molar refractivity (Wildman–Crippen MR) is 113 cm³/mol. The third-order valence-electron chi connectivity index (χ3n) is 4.45. The lowest BCUT2D eigenvalue weighted by Crippen LogP contribution is -2.37. The molecule has 10 heteroatoms. The smallest absolute Gasteiger partial charge is 0.242 e. The molecule has 0 unspecified atom stereocenters. The van der Waals surface area contributed by atoms with Crippen molar-refractivity contribution in [3.8, 4) is 22.4 Å². The van der Waals surface area contributed by atoms with Crippen LogP contribution in [0, 0.1) is 11.2 Å². The number of nitrogens with two attached hydrogens (primary N) is 2. The molecule has 1 atom stereocenters. The van der Waals surface area contributed by atoms with Gasteiger partial charge in [-0.05, 0) is 54.8 Å². The topological polar surface area (TPSA) is 159 Å². The number of aromatic amines is 1. The van der Waals surface area contributed by atoms with E-state index in [0.29, 0.717) is 36.5 Å². The van der Waals surface area contributed by atoms with E-state index in [1.165, 1.54) is 12.1 Å². The number of H-pyrrole nitrogens is 1. The summed E-state index contributed by atoms with van der Waals surface area (Å²) in [4.78, 5) is 16.6. The lowest BCUT2D eigenvalue weighted by Gasteiger charge is -2.13. The molecule has 0 radical (unpaired) electrons. The maximum Gasteiger partial charge on any atom is 0.242 e. The molecule has 0 fully saturated rings. The number of pyridine rings is 1. The van der Waals surface area contributed by atoms with Gasteiger partial charge in [-0.2, -0.15) is 5.10 Å². The summed E-state index contributed by atoms with van der Waals surface area (Å²) in [7, 11) is 0. The number of carbonyl (C=O) groups is 1. The second-order valence-corrected chi connectivity index (χ2v) is 6.64. The largest absolute Gasteiger partial charge is 0.370 e. The van der Waals surface area contributed by atoms with Gasteiger partial charge in [-0.15, -0.1) is 0 Å². The van der Waals surface area contributed by atoms with Gasteiger partial charge in [0.1, 0.15) is 5.82 Å². The first-order chi connectivity index (χ1) is 14.5. The minimum atomic E-state index is -0.755. The molecule has 8 N–H and O–H groups in total. The van der Waals surface area contributed by atoms with Crippen LogP contribution >= 0.6 is 0 Å². The maximum atomic E-state index is 13.3. The second kappa shape index (κ2) is 9.61. The van der Waals surface area contributed by atoms with Gasteiger partial charge in [0.15, 0.2) is 11.8 Å². The number of guanidine groups is 1. The third-order valence-corrected chi connectivity index (χ3v) is 4.45. The van der Waals surface area contributed by atoms with E-state index in [0.717, 1.165) is 11.1 Å². The van der Waals surface area contributed by atoms with Gasteiger partial charge in [0.2, 0.25) is 5.91 Å². The Labute approximate surface area is 172 Å². The van der Waals surface area contributed by atoms with E-state index in [2.05, 4.69) is 25.8 Å². The van der Waals surface area contributed by atoms with Crippen molar-refractivity contribution in [2.75, 3.05) is 11.9 Å². The Kier molecular flexibility index (Phi) is 6.71. The summed E-state index contributed by atoms with van der Waals surface area (Å²) in [5.74, 6) is -0.532. The lowest BCUT2D eigenvalue weighted by atomic mass is 10.0. The van der Waals surface area contributed by atoms with E-state index in [1.807, 2.05) is 0 Å². The minimum Gasteiger partial charge on any atom is -0.370 e. The fourth-order valence-corrected chi connectivity index (χ4v) is 2.94. The lowest BCUT2D eigenvalue weighted by molar-refractivity contribution is -0.117. The molecular formula is C20H23FN8O. The van der Waals surface area contributed by atoms with Crippen molar-refractivity contribution in [1.82, 2.24) is 20.5 Å². The number of hydrogen-bond acceptors (Lipinski definition) is 5. The fourth-order valence-electron chi connectivity index (χ4n) is 2.94. The predicted octanol–water partition coefficient (Wildman–Crippen LogP) is 1.81. The van der Waals surface area contributed by atoms with Crippen LogP contribution in [-0.4, -0.2) is 39.6 Å². The van der Waals surface area contributed by atoms with Crippen LogP contribution in [0.4, 0.5) is 10.2 Å². The van der Waals surface area contributed by atoms with Crippen molar-refractivity contribution < 1.29 is 9.18 Å². The zero-order valence-electron chi connectivity index (χ0n) is 16.2. The molecule has 0 saturated carbocycles. The maximum absolute atomic E-state index is 13.3. The summed E-state index contributed by atoms with van der Waals surface area (Å²) in [6.07, 6.45) is 4.25. The summed E-state index contributed by atoms with van der Waals surface area (Å²) in [5, 5.41) is 19.7. The van der Waals surface area contributed by atoms with Crippen LogP contribution in [0.2, 0.25) is 0 Å². The molecule has 0 aliphatic heterocycles. The number of rotatable bonds is 8. The summed E-state index contributed by atoms with van der Waals surface area (Å²) >= 11 is 0. The Morgan fingerprint density at radius 3 is 2.53 bits per heavy atom. The van der Waals surface area contributed by atoms with Crippen molar-refractivity contribution in [1.29, 1.82) is 5.41 Å². The van der Waals surface area contributed by atoms with Crippen molar-refractivity contribution in [3.05, 3.63) is 54.6 Å². The zero-order chi connectivity index (χ0) is 21.5. The molecule has 3 aromatic rings. The van der Waals surface area contributed by atoms with Gasteiger partial charge in [0.25, 0.3) is 0 Å². The molecule has 0 saturated heterocycles. The highest BCUT2D eigenvalue weighted by atomic mass is 19.1. The van der Waals surface area contributed by atoms with Crippen LogP contribution < -0.4 is 22.1 Å². The summed E-state index contributed by atoms with van der Waals surface area (Å²) in [6, 6.07) is 8.81. The van der Waals surface area contributed by atoms with Crippen molar-refractivity contribution in [2.24, 2.45) is 11.5 Å². The molecule has 156 valence electrons. The van der Waals surface area contributed by atoms with Gasteiger partial charge in [-0.3, -0.25) is 20.3 Å². The Morgan fingerprint density at radius 2 is 1.87 bits per heavy atom. The Morgan fingerprint density at radius 1 is 1.17 bits per heavy atom. The van der Waals surface area contributed by atoms with Gasteiger partial charge in [0.05, 0.1) is 17.3 Å². The highest BCUT2D eigenvalue weighted by Crippen LogP contribution is 2.35. The van der Waals surface area contributed by atoms with Crippen LogP contribution in [0.25, 0.3) is 22.4 Å². The number of carbonyl (C=O) groups excluding carboxylic acids is 1. The molecular weight excluding hydrogens is 387 g/mol. The first-order valence-electron chi connectivity index (χ1n) is 9.34. The highest BCUT2D eigenvalue weighted by molar-refractivity contribution is 6.00. The van der Waals surface area contributed by atoms with Crippen LogP contribution in [0.5, 0.6) is 0 Å². The molecule has 3 rings (SSSR count). The van der Waals surface area contributed by atoms with E-state index in [-0.39, 0.29) is 17.7 Å². The number of hydrogen-bond donors (Lipinski definition) is 6.